The van der Waals surface area contributed by atoms with E-state index < -0.39 is 27.9 Å². The van der Waals surface area contributed by atoms with Gasteiger partial charge in [0.15, 0.2) is 0 Å². The minimum absolute atomic E-state index is 0.0476. The van der Waals surface area contributed by atoms with Gasteiger partial charge in [0.25, 0.3) is 11.8 Å². The second-order valence-electron chi connectivity index (χ2n) is 10.4. The number of piperidine rings is 1. The van der Waals surface area contributed by atoms with E-state index in [-0.39, 0.29) is 22.3 Å². The van der Waals surface area contributed by atoms with E-state index in [4.69, 9.17) is 17.4 Å². The van der Waals surface area contributed by atoms with Crippen LogP contribution < -0.4 is 16.0 Å². The molecule has 45 heavy (non-hydrogen) atoms. The zero-order valence-electron chi connectivity index (χ0n) is 23.9. The molecule has 230 valence electrons. The van der Waals surface area contributed by atoms with Crippen LogP contribution in [-0.2, 0) is 14.8 Å². The van der Waals surface area contributed by atoms with Gasteiger partial charge in [0.1, 0.15) is 11.9 Å². The topological polar surface area (TPSA) is 185 Å². The van der Waals surface area contributed by atoms with Gasteiger partial charge in [-0.05, 0) is 55.7 Å². The van der Waals surface area contributed by atoms with Crippen LogP contribution in [0.1, 0.15) is 51.1 Å². The first-order valence-electron chi connectivity index (χ1n) is 13.7. The van der Waals surface area contributed by atoms with E-state index in [1.807, 2.05) is 0 Å². The van der Waals surface area contributed by atoms with Crippen LogP contribution in [0.5, 0.6) is 0 Å². The molecule has 1 atom stereocenters. The second-order valence-corrected chi connectivity index (χ2v) is 12.5. The van der Waals surface area contributed by atoms with Gasteiger partial charge >= 0.3 is 5.97 Å². The molecule has 0 spiro atoms. The number of rotatable bonds is 6. The van der Waals surface area contributed by atoms with Crippen LogP contribution in [0.25, 0.3) is 22.2 Å². The molecule has 2 aromatic carbocycles. The molecule has 1 fully saturated rings. The van der Waals surface area contributed by atoms with Crippen LogP contribution in [0.4, 0.5) is 5.82 Å². The fraction of sp³-hybridized carbons (Fsp3) is 0.194. The molecular weight excluding hydrogens is 620 g/mol. The third-order valence-corrected chi connectivity index (χ3v) is 8.04. The minimum Gasteiger partial charge on any atom is -0.480 e. The Morgan fingerprint density at radius 1 is 1.07 bits per heavy atom. The number of nitrogens with two attached hydrogens (primary N) is 1. The van der Waals surface area contributed by atoms with Gasteiger partial charge in [0.2, 0.25) is 10.0 Å². The third-order valence-electron chi connectivity index (χ3n) is 7.15. The van der Waals surface area contributed by atoms with Crippen molar-refractivity contribution in [3.8, 4) is 23.1 Å². The Morgan fingerprint density at radius 2 is 1.82 bits per heavy atom. The second kappa shape index (κ2) is 12.9. The summed E-state index contributed by atoms with van der Waals surface area (Å²) in [6, 6.07) is 13.9. The predicted molar refractivity (Wildman–Crippen MR) is 169 cm³/mol. The lowest BCUT2D eigenvalue weighted by Gasteiger charge is -2.33. The van der Waals surface area contributed by atoms with E-state index >= 15 is 0 Å². The van der Waals surface area contributed by atoms with Crippen LogP contribution in [0.15, 0.2) is 60.8 Å². The maximum absolute atomic E-state index is 13.0. The van der Waals surface area contributed by atoms with E-state index in [0.29, 0.717) is 51.8 Å². The number of pyridine rings is 2. The number of carboxylic acids is 1. The number of aromatic nitrogens is 2. The molecular formula is C31H27ClN6O6S. The maximum atomic E-state index is 13.0. The smallest absolute Gasteiger partial charge is 0.326 e. The number of hydrogen-bond acceptors (Lipinski definition) is 8. The number of aliphatic carboxylic acids is 1. The number of benzene rings is 2. The lowest BCUT2D eigenvalue weighted by molar-refractivity contribution is -0.143. The van der Waals surface area contributed by atoms with Crippen molar-refractivity contribution in [1.29, 1.82) is 0 Å². The molecule has 0 unspecified atom stereocenters. The first-order chi connectivity index (χ1) is 21.4. The van der Waals surface area contributed by atoms with Crippen molar-refractivity contribution in [3.63, 3.8) is 0 Å². The molecule has 12 nitrogen and oxygen atoms in total. The number of fused-ring (bicyclic) bond motifs is 1. The van der Waals surface area contributed by atoms with E-state index in [9.17, 15) is 27.9 Å². The summed E-state index contributed by atoms with van der Waals surface area (Å²) < 4.78 is 25.6. The lowest BCUT2D eigenvalue weighted by Crippen LogP contribution is -2.47. The molecule has 5 rings (SSSR count). The summed E-state index contributed by atoms with van der Waals surface area (Å²) in [5.74, 6) is 9.49. The van der Waals surface area contributed by atoms with Gasteiger partial charge in [-0.25, -0.2) is 29.0 Å². The average molecular weight is 647 g/mol. The Hall–Kier alpha value is -5.03. The number of nitrogens with zero attached hydrogens (tertiary/aromatic N) is 3. The number of anilines is 1. The zero-order valence-corrected chi connectivity index (χ0v) is 25.4. The summed E-state index contributed by atoms with van der Waals surface area (Å²) in [6.45, 7) is 0.375. The number of nitrogens with one attached hydrogen (secondary N) is 2. The summed E-state index contributed by atoms with van der Waals surface area (Å²) in [7, 11) is -3.59. The van der Waals surface area contributed by atoms with Gasteiger partial charge in [-0.2, -0.15) is 0 Å². The average Bonchev–Trinajstić information content (AvgIpc) is 3.02. The highest BCUT2D eigenvalue weighted by Crippen LogP contribution is 2.27. The number of hydrogen-bond donors (Lipinski definition) is 4. The fourth-order valence-corrected chi connectivity index (χ4v) is 5.71. The molecule has 0 aliphatic carbocycles. The number of carboxylic acid groups (broad SMARTS) is 1. The Bertz CT molecular complexity index is 2010. The Balaban J connectivity index is 1.39. The van der Waals surface area contributed by atoms with Gasteiger partial charge in [-0.3, -0.25) is 19.7 Å². The van der Waals surface area contributed by atoms with Crippen molar-refractivity contribution in [2.75, 3.05) is 17.5 Å². The molecule has 0 radical (unpaired) electrons. The van der Waals surface area contributed by atoms with Crippen molar-refractivity contribution in [3.05, 3.63) is 88.1 Å². The highest BCUT2D eigenvalue weighted by atomic mass is 35.5. The quantitative estimate of drug-likeness (QED) is 0.105. The molecule has 2 aromatic heterocycles. The van der Waals surface area contributed by atoms with Gasteiger partial charge in [-0.15, -0.1) is 0 Å². The number of amides is 2. The lowest BCUT2D eigenvalue weighted by atomic mass is 10.0. The number of nitrogen functional groups attached to an aromatic ring is 1. The zero-order chi connectivity index (χ0) is 32.3. The molecule has 5 N–H and O–H groups in total. The van der Waals surface area contributed by atoms with Crippen LogP contribution in [0.2, 0.25) is 5.02 Å². The Morgan fingerprint density at radius 3 is 2.49 bits per heavy atom. The monoisotopic (exact) mass is 646 g/mol. The van der Waals surface area contributed by atoms with Gasteiger partial charge in [0.05, 0.1) is 28.1 Å². The molecule has 1 aliphatic rings. The van der Waals surface area contributed by atoms with Crippen LogP contribution >= 0.6 is 11.6 Å². The number of carbonyl (C=O) groups excluding carboxylic acids is 2. The number of sulfonamides is 1. The molecule has 0 bridgehead atoms. The molecule has 3 heterocycles. The summed E-state index contributed by atoms with van der Waals surface area (Å²) in [6.07, 6.45) is 4.26. The van der Waals surface area contributed by atoms with Gasteiger partial charge in [0, 0.05) is 46.4 Å². The maximum Gasteiger partial charge on any atom is 0.326 e. The van der Waals surface area contributed by atoms with E-state index in [1.54, 1.807) is 42.5 Å². The third kappa shape index (κ3) is 7.21. The van der Waals surface area contributed by atoms with Gasteiger partial charge in [-0.1, -0.05) is 35.6 Å². The van der Waals surface area contributed by atoms with Crippen molar-refractivity contribution in [2.24, 2.45) is 5.84 Å². The number of carbonyl (C=O) groups is 3. The summed E-state index contributed by atoms with van der Waals surface area (Å²) in [5, 5.41) is 10.2. The van der Waals surface area contributed by atoms with Crippen LogP contribution in [0, 0.1) is 11.8 Å². The van der Waals surface area contributed by atoms with Crippen LogP contribution in [0.3, 0.4) is 0 Å². The number of halogens is 1. The molecule has 4 aromatic rings. The first-order valence-corrected chi connectivity index (χ1v) is 16.0. The predicted octanol–water partition coefficient (Wildman–Crippen LogP) is 3.40. The summed E-state index contributed by atoms with van der Waals surface area (Å²) in [4.78, 5) is 47.2. The van der Waals surface area contributed by atoms with Gasteiger partial charge < -0.3 is 10.0 Å². The number of likely N-dealkylation sites (tertiary alicyclic amines) is 1. The van der Waals surface area contributed by atoms with Crippen molar-refractivity contribution in [1.82, 2.24) is 20.3 Å². The minimum atomic E-state index is -3.59. The molecule has 1 saturated heterocycles. The molecule has 14 heteroatoms. The summed E-state index contributed by atoms with van der Waals surface area (Å²) >= 11 is 6.45. The highest BCUT2D eigenvalue weighted by molar-refractivity contribution is 7.92. The largest absolute Gasteiger partial charge is 0.480 e. The Labute approximate surface area is 263 Å². The standard InChI is InChI=1S/C31H27ClN6O6S/c1-45(43,44)37-28-16-26-23(17-34-28)22(29(39)36-33)15-25(35-26)20-9-6-18(7-10-20)5-8-19-11-12-21(14-24(19)32)30(40)38-13-3-2-4-27(38)31(41)42/h6-7,9-12,14-17,27H,2-4,13,33H2,1H3,(H,34,37)(H,36,39)(H,41,42)/t27-/m0/s1. The SMILES string of the molecule is CS(=O)(=O)Nc1cc2nc(-c3ccc(C#Cc4ccc(C(=O)N5CCCC[C@H]5C(=O)O)cc4Cl)cc3)cc(C(=O)NN)c2cn1. The number of hydrazine groups is 1. The van der Waals surface area contributed by atoms with E-state index in [2.05, 4.69) is 32.0 Å². The normalized spacial score (nSPS) is 14.7. The van der Waals surface area contributed by atoms with Crippen molar-refractivity contribution < 1.29 is 27.9 Å². The highest BCUT2D eigenvalue weighted by Gasteiger charge is 2.32. The fourth-order valence-electron chi connectivity index (χ4n) is 4.99. The van der Waals surface area contributed by atoms with Crippen LogP contribution in [-0.4, -0.2) is 65.0 Å². The van der Waals surface area contributed by atoms with E-state index in [1.165, 1.54) is 23.2 Å². The Kier molecular flexibility index (Phi) is 9.01. The molecule has 2 amide bonds. The molecule has 1 aliphatic heterocycles. The first kappa shape index (κ1) is 31.4. The van der Waals surface area contributed by atoms with E-state index in [0.717, 1.165) is 19.1 Å². The summed E-state index contributed by atoms with van der Waals surface area (Å²) in [5.41, 5.74) is 5.15. The van der Waals surface area contributed by atoms with Crippen molar-refractivity contribution in [2.45, 2.75) is 25.3 Å². The van der Waals surface area contributed by atoms with Crippen molar-refractivity contribution >= 4 is 56.1 Å². The molecule has 0 saturated carbocycles.